The summed E-state index contributed by atoms with van der Waals surface area (Å²) < 4.78 is 0.831. The minimum absolute atomic E-state index is 0.116. The Morgan fingerprint density at radius 2 is 2.33 bits per heavy atom. The normalized spacial score (nSPS) is 10.4. The van der Waals surface area contributed by atoms with Crippen LogP contribution in [0.15, 0.2) is 33.6 Å². The predicted octanol–water partition coefficient (Wildman–Crippen LogP) is 3.83. The number of benzene rings is 1. The lowest BCUT2D eigenvalue weighted by Crippen LogP contribution is -2.26. The summed E-state index contributed by atoms with van der Waals surface area (Å²) in [5.41, 5.74) is 3.12. The summed E-state index contributed by atoms with van der Waals surface area (Å²) in [4.78, 5) is 18.0. The van der Waals surface area contributed by atoms with Gasteiger partial charge in [0.25, 0.3) is 5.91 Å². The van der Waals surface area contributed by atoms with Crippen molar-refractivity contribution < 1.29 is 4.79 Å². The highest BCUT2D eigenvalue weighted by Crippen LogP contribution is 2.22. The minimum atomic E-state index is -0.116. The molecule has 0 unspecified atom stereocenters. The van der Waals surface area contributed by atoms with Crippen molar-refractivity contribution in [2.75, 3.05) is 7.05 Å². The van der Waals surface area contributed by atoms with E-state index in [9.17, 15) is 4.79 Å². The highest BCUT2D eigenvalue weighted by Gasteiger charge is 2.16. The van der Waals surface area contributed by atoms with Crippen LogP contribution < -0.4 is 0 Å². The predicted molar refractivity (Wildman–Crippen MR) is 77.1 cm³/mol. The molecule has 2 aromatic rings. The molecule has 0 radical (unpaired) electrons. The Morgan fingerprint density at radius 1 is 1.56 bits per heavy atom. The van der Waals surface area contributed by atoms with Crippen molar-refractivity contribution in [3.05, 3.63) is 49.8 Å². The molecule has 0 bridgehead atoms. The van der Waals surface area contributed by atoms with Crippen LogP contribution in [0.3, 0.4) is 0 Å². The highest BCUT2D eigenvalue weighted by molar-refractivity contribution is 9.10. The molecular weight excluding hydrogens is 336 g/mol. The van der Waals surface area contributed by atoms with Gasteiger partial charge in [0.15, 0.2) is 0 Å². The fourth-order valence-corrected chi connectivity index (χ4v) is 2.61. The van der Waals surface area contributed by atoms with Crippen molar-refractivity contribution in [2.24, 2.45) is 0 Å². The second kappa shape index (κ2) is 5.82. The summed E-state index contributed by atoms with van der Waals surface area (Å²) in [7, 11) is 1.74. The van der Waals surface area contributed by atoms with Gasteiger partial charge in [-0.25, -0.2) is 4.98 Å². The monoisotopic (exact) mass is 344 g/mol. The molecule has 0 N–H and O–H groups in total. The van der Waals surface area contributed by atoms with Crippen LogP contribution in [0, 0.1) is 0 Å². The zero-order valence-corrected chi connectivity index (χ0v) is 12.7. The zero-order chi connectivity index (χ0) is 13.1. The lowest BCUT2D eigenvalue weighted by molar-refractivity contribution is 0.0784. The summed E-state index contributed by atoms with van der Waals surface area (Å²) in [5.74, 6) is -0.116. The second-order valence-corrected chi connectivity index (χ2v) is 5.81. The van der Waals surface area contributed by atoms with Crippen LogP contribution in [0.2, 0.25) is 5.02 Å². The van der Waals surface area contributed by atoms with Crippen LogP contribution in [-0.4, -0.2) is 22.8 Å². The number of nitrogens with zero attached hydrogens (tertiary/aromatic N) is 2. The van der Waals surface area contributed by atoms with Gasteiger partial charge in [-0.1, -0.05) is 27.5 Å². The first-order valence-electron chi connectivity index (χ1n) is 5.15. The van der Waals surface area contributed by atoms with Gasteiger partial charge in [-0.15, -0.1) is 11.3 Å². The molecule has 0 spiro atoms. The number of thiazole rings is 1. The maximum Gasteiger partial charge on any atom is 0.255 e. The summed E-state index contributed by atoms with van der Waals surface area (Å²) in [6, 6.07) is 5.23. The maximum absolute atomic E-state index is 12.2. The molecule has 0 aliphatic rings. The van der Waals surface area contributed by atoms with E-state index in [-0.39, 0.29) is 5.91 Å². The van der Waals surface area contributed by atoms with E-state index in [2.05, 4.69) is 20.9 Å². The van der Waals surface area contributed by atoms with E-state index in [0.29, 0.717) is 17.1 Å². The van der Waals surface area contributed by atoms with Gasteiger partial charge in [-0.2, -0.15) is 0 Å². The number of carbonyl (C=O) groups excluding carboxylic acids is 1. The first-order valence-corrected chi connectivity index (χ1v) is 7.27. The highest BCUT2D eigenvalue weighted by atomic mass is 79.9. The SMILES string of the molecule is CN(Cc1cscn1)C(=O)c1cc(Br)ccc1Cl. The van der Waals surface area contributed by atoms with E-state index in [1.807, 2.05) is 5.38 Å². The van der Waals surface area contributed by atoms with Gasteiger partial charge >= 0.3 is 0 Å². The van der Waals surface area contributed by atoms with Gasteiger partial charge in [0.1, 0.15) is 0 Å². The summed E-state index contributed by atoms with van der Waals surface area (Å²) in [6.07, 6.45) is 0. The fraction of sp³-hybridized carbons (Fsp3) is 0.167. The molecule has 0 saturated carbocycles. The van der Waals surface area contributed by atoms with Gasteiger partial charge in [0.2, 0.25) is 0 Å². The van der Waals surface area contributed by atoms with Crippen molar-refractivity contribution in [3.8, 4) is 0 Å². The lowest BCUT2D eigenvalue weighted by atomic mass is 10.2. The molecule has 1 aromatic carbocycles. The van der Waals surface area contributed by atoms with Crippen molar-refractivity contribution in [1.29, 1.82) is 0 Å². The number of hydrogen-bond donors (Lipinski definition) is 0. The molecule has 1 amide bonds. The minimum Gasteiger partial charge on any atom is -0.336 e. The molecule has 0 atom stereocenters. The molecule has 0 aliphatic carbocycles. The Balaban J connectivity index is 2.17. The number of rotatable bonds is 3. The van der Waals surface area contributed by atoms with Crippen LogP contribution in [0.1, 0.15) is 16.1 Å². The molecule has 2 rings (SSSR count). The number of aromatic nitrogens is 1. The molecule has 1 heterocycles. The summed E-state index contributed by atoms with van der Waals surface area (Å²) in [5, 5.41) is 2.38. The maximum atomic E-state index is 12.2. The summed E-state index contributed by atoms with van der Waals surface area (Å²) >= 11 is 10.9. The quantitative estimate of drug-likeness (QED) is 0.847. The fourth-order valence-electron chi connectivity index (χ4n) is 1.50. The van der Waals surface area contributed by atoms with Gasteiger partial charge in [0, 0.05) is 16.9 Å². The molecule has 0 fully saturated rings. The average Bonchev–Trinajstić information content (AvgIpc) is 2.84. The molecule has 3 nitrogen and oxygen atoms in total. The molecule has 0 aliphatic heterocycles. The van der Waals surface area contributed by atoms with Gasteiger partial charge in [-0.3, -0.25) is 4.79 Å². The van der Waals surface area contributed by atoms with E-state index < -0.39 is 0 Å². The van der Waals surface area contributed by atoms with Crippen LogP contribution in [0.4, 0.5) is 0 Å². The lowest BCUT2D eigenvalue weighted by Gasteiger charge is -2.16. The first kappa shape index (κ1) is 13.5. The first-order chi connectivity index (χ1) is 8.58. The van der Waals surface area contributed by atoms with E-state index >= 15 is 0 Å². The van der Waals surface area contributed by atoms with Crippen LogP contribution in [0.25, 0.3) is 0 Å². The Morgan fingerprint density at radius 3 is 3.00 bits per heavy atom. The third-order valence-electron chi connectivity index (χ3n) is 2.39. The smallest absolute Gasteiger partial charge is 0.255 e. The molecule has 94 valence electrons. The Hall–Kier alpha value is -0.910. The van der Waals surface area contributed by atoms with Crippen molar-refractivity contribution in [2.45, 2.75) is 6.54 Å². The standard InChI is InChI=1S/C12H10BrClN2OS/c1-16(5-9-6-18-7-15-9)12(17)10-4-8(13)2-3-11(10)14/h2-4,6-7H,5H2,1H3. The average molecular weight is 346 g/mol. The Bertz CT molecular complexity index is 559. The third kappa shape index (κ3) is 3.10. The van der Waals surface area contributed by atoms with E-state index in [1.165, 1.54) is 11.3 Å². The van der Waals surface area contributed by atoms with E-state index in [4.69, 9.17) is 11.6 Å². The van der Waals surface area contributed by atoms with E-state index in [0.717, 1.165) is 10.2 Å². The number of hydrogen-bond acceptors (Lipinski definition) is 3. The van der Waals surface area contributed by atoms with Gasteiger partial charge in [0.05, 0.1) is 28.3 Å². The molecule has 1 aromatic heterocycles. The van der Waals surface area contributed by atoms with Crippen molar-refractivity contribution in [3.63, 3.8) is 0 Å². The molecule has 6 heteroatoms. The number of amides is 1. The van der Waals surface area contributed by atoms with Gasteiger partial charge < -0.3 is 4.90 Å². The van der Waals surface area contributed by atoms with Gasteiger partial charge in [-0.05, 0) is 18.2 Å². The topological polar surface area (TPSA) is 33.2 Å². The number of halogens is 2. The zero-order valence-electron chi connectivity index (χ0n) is 9.56. The molecule has 0 saturated heterocycles. The Kier molecular flexibility index (Phi) is 4.37. The van der Waals surface area contributed by atoms with Crippen molar-refractivity contribution in [1.82, 2.24) is 9.88 Å². The summed E-state index contributed by atoms with van der Waals surface area (Å²) in [6.45, 7) is 0.477. The second-order valence-electron chi connectivity index (χ2n) is 3.77. The molecular formula is C12H10BrClN2OS. The van der Waals surface area contributed by atoms with Crippen molar-refractivity contribution >= 4 is 44.8 Å². The van der Waals surface area contributed by atoms with Crippen LogP contribution in [0.5, 0.6) is 0 Å². The van der Waals surface area contributed by atoms with E-state index in [1.54, 1.807) is 35.7 Å². The number of carbonyl (C=O) groups is 1. The van der Waals surface area contributed by atoms with Crippen LogP contribution in [-0.2, 0) is 6.54 Å². The largest absolute Gasteiger partial charge is 0.336 e. The van der Waals surface area contributed by atoms with Crippen LogP contribution >= 0.6 is 38.9 Å². The third-order valence-corrected chi connectivity index (χ3v) is 3.85. The Labute approximate surface area is 123 Å². The molecule has 18 heavy (non-hydrogen) atoms.